The van der Waals surface area contributed by atoms with Crippen molar-refractivity contribution in [3.05, 3.63) is 156 Å². The van der Waals surface area contributed by atoms with Gasteiger partial charge in [0.05, 0.1) is 0 Å². The molecule has 3 nitrogen and oxygen atoms in total. The molecule has 13 aliphatic rings. The molecule has 1 heterocycles. The fraction of sp³-hybridized carbons (Fsp3) is 0.675. The van der Waals surface area contributed by atoms with Crippen molar-refractivity contribution in [2.75, 3.05) is 0 Å². The number of nitrogens with zero attached hydrogens (tertiary/aromatic N) is 2. The lowest BCUT2D eigenvalue weighted by Crippen LogP contribution is -2.49. The van der Waals surface area contributed by atoms with Crippen LogP contribution in [0.25, 0.3) is 0 Å². The van der Waals surface area contributed by atoms with Gasteiger partial charge >= 0.3 is 0 Å². The summed E-state index contributed by atoms with van der Waals surface area (Å²) in [5, 5.41) is 0. The molecule has 1 saturated heterocycles. The highest BCUT2D eigenvalue weighted by molar-refractivity contribution is 5.37. The Morgan fingerprint density at radius 1 is 0.711 bits per heavy atom. The first-order valence-electron chi connectivity index (χ1n) is 35.6. The third-order valence-electron chi connectivity index (χ3n) is 26.0. The van der Waals surface area contributed by atoms with Crippen molar-refractivity contribution in [3.63, 3.8) is 0 Å². The van der Waals surface area contributed by atoms with Crippen molar-refractivity contribution in [2.24, 2.45) is 75.4 Å². The van der Waals surface area contributed by atoms with E-state index in [1.807, 2.05) is 11.1 Å². The number of unbranched alkanes of at least 4 members (excludes halogenated alkanes) is 3. The molecule has 83 heavy (non-hydrogen) atoms. The number of rotatable bonds is 17. The van der Waals surface area contributed by atoms with Gasteiger partial charge in [0.1, 0.15) is 11.5 Å². The van der Waals surface area contributed by atoms with Crippen molar-refractivity contribution >= 4 is 0 Å². The average molecular weight is 1120 g/mol. The lowest BCUT2D eigenvalue weighted by molar-refractivity contribution is 0.0259. The van der Waals surface area contributed by atoms with Crippen molar-refractivity contribution in [1.82, 2.24) is 9.80 Å². The van der Waals surface area contributed by atoms with Crippen molar-refractivity contribution in [3.8, 4) is 0 Å². The largest absolute Gasteiger partial charge is 0.462 e. The SMILES string of the molecule is C=CC1=CCC(N2C3CCC(C4CCC(N(C5=CC6=C(CCCC6)CC5)C5C=CC6C7C=CC=CC7C(CCCCCCC7C=CC(OC8=CCC(C=C)CC8)=CC7)(C7C=CC(C(C)(C)C)CC7)C6C5)CC4)=CC3C3(C)CCCCC23)CC1. The third kappa shape index (κ3) is 11.7. The predicted octanol–water partition coefficient (Wildman–Crippen LogP) is 21.3. The maximum absolute atomic E-state index is 6.38. The van der Waals surface area contributed by atoms with E-state index >= 15 is 0 Å². The predicted molar refractivity (Wildman–Crippen MR) is 350 cm³/mol. The Morgan fingerprint density at radius 3 is 2.35 bits per heavy atom. The van der Waals surface area contributed by atoms with E-state index in [1.54, 1.807) is 11.3 Å². The topological polar surface area (TPSA) is 15.7 Å². The van der Waals surface area contributed by atoms with Crippen LogP contribution in [0.2, 0.25) is 0 Å². The Hall–Kier alpha value is -3.82. The van der Waals surface area contributed by atoms with Gasteiger partial charge in [-0.2, -0.15) is 0 Å². The van der Waals surface area contributed by atoms with Gasteiger partial charge in [0.15, 0.2) is 0 Å². The molecular formula is C80H112N2O. The van der Waals surface area contributed by atoms with Crippen LogP contribution in [-0.2, 0) is 4.74 Å². The van der Waals surface area contributed by atoms with Crippen molar-refractivity contribution in [1.29, 1.82) is 0 Å². The summed E-state index contributed by atoms with van der Waals surface area (Å²) in [7, 11) is 0. The van der Waals surface area contributed by atoms with Crippen LogP contribution in [0.5, 0.6) is 0 Å². The summed E-state index contributed by atoms with van der Waals surface area (Å²) >= 11 is 0. The molecule has 15 unspecified atom stereocenters. The summed E-state index contributed by atoms with van der Waals surface area (Å²) < 4.78 is 6.38. The molecule has 12 aliphatic carbocycles. The van der Waals surface area contributed by atoms with Crippen molar-refractivity contribution < 1.29 is 4.74 Å². The van der Waals surface area contributed by atoms with Gasteiger partial charge in [-0.05, 0) is 266 Å². The summed E-state index contributed by atoms with van der Waals surface area (Å²) in [6, 6.07) is 3.37. The maximum Gasteiger partial charge on any atom is 0.122 e. The highest BCUT2D eigenvalue weighted by atomic mass is 16.5. The van der Waals surface area contributed by atoms with Gasteiger partial charge in [0.25, 0.3) is 0 Å². The van der Waals surface area contributed by atoms with Gasteiger partial charge in [-0.1, -0.05) is 169 Å². The van der Waals surface area contributed by atoms with E-state index in [9.17, 15) is 0 Å². The summed E-state index contributed by atoms with van der Waals surface area (Å²) in [6.07, 6.45) is 85.9. The van der Waals surface area contributed by atoms with Crippen LogP contribution in [0.4, 0.5) is 0 Å². The van der Waals surface area contributed by atoms with E-state index in [-0.39, 0.29) is 5.41 Å². The highest BCUT2D eigenvalue weighted by Gasteiger charge is 2.62. The molecular weight excluding hydrogens is 1000 g/mol. The summed E-state index contributed by atoms with van der Waals surface area (Å²) in [5.41, 5.74) is 9.69. The average Bonchev–Trinajstić information content (AvgIpc) is 2.16. The molecule has 0 radical (unpaired) electrons. The number of ether oxygens (including phenoxy) is 1. The first kappa shape index (κ1) is 58.2. The second-order valence-electron chi connectivity index (χ2n) is 31.2. The summed E-state index contributed by atoms with van der Waals surface area (Å²) in [4.78, 5) is 6.35. The Kier molecular flexibility index (Phi) is 17.6. The number of hydrogen-bond acceptors (Lipinski definition) is 3. The van der Waals surface area contributed by atoms with E-state index in [4.69, 9.17) is 4.74 Å². The maximum atomic E-state index is 6.38. The fourth-order valence-corrected chi connectivity index (χ4v) is 21.5. The minimum Gasteiger partial charge on any atom is -0.462 e. The number of allylic oxidation sites excluding steroid dienone is 20. The van der Waals surface area contributed by atoms with Gasteiger partial charge in [-0.3, -0.25) is 4.90 Å². The second kappa shape index (κ2) is 25.1. The summed E-state index contributed by atoms with van der Waals surface area (Å²) in [6.45, 7) is 18.4. The van der Waals surface area contributed by atoms with Crippen molar-refractivity contribution in [2.45, 2.75) is 263 Å². The van der Waals surface area contributed by atoms with Crippen LogP contribution in [0.3, 0.4) is 0 Å². The van der Waals surface area contributed by atoms with Crippen LogP contribution in [-0.4, -0.2) is 40.0 Å². The molecule has 15 atom stereocenters. The molecule has 0 aromatic heterocycles. The standard InChI is InChI=1S/C80H112N2O/c1-7-56-25-39-66(40-26-56)82-76-50-34-62(54-75(76)79(6)51-18-16-24-77(79)82)60-31-41-65(42-32-60)81(67-43-33-59-20-12-13-21-61(59)53-67)68-44-49-72-71-22-14-15-23-73(71)80(74(72)55-68,64-37-35-63(36-38-64)78(3,4)5)52-17-10-9-11-19-58-29-47-70(48-30-58)83-69-45-27-57(8-2)28-46-69/h7-8,14-15,22-23,25,29,35,37,44-45,47-49,53-54,57-58,60,63-66,68,71-77H,1-2,9-13,16-21,24,26-28,30-34,36,38-43,46,50-52,55H2,3-6H3. The molecule has 0 bridgehead atoms. The molecule has 3 saturated carbocycles. The molecule has 1 aliphatic heterocycles. The van der Waals surface area contributed by atoms with Crippen LogP contribution in [0.1, 0.15) is 233 Å². The van der Waals surface area contributed by atoms with Crippen LogP contribution >= 0.6 is 0 Å². The lowest BCUT2D eigenvalue weighted by atomic mass is 9.55. The molecule has 0 spiro atoms. The molecule has 3 heteroatoms. The zero-order valence-electron chi connectivity index (χ0n) is 52.8. The quantitative estimate of drug-likeness (QED) is 0.107. The van der Waals surface area contributed by atoms with E-state index in [2.05, 4.69) is 154 Å². The lowest BCUT2D eigenvalue weighted by Gasteiger charge is -2.52. The molecule has 13 rings (SSSR count). The fourth-order valence-electron chi connectivity index (χ4n) is 21.5. The zero-order valence-corrected chi connectivity index (χ0v) is 52.8. The Balaban J connectivity index is 0.730. The van der Waals surface area contributed by atoms with Crippen LogP contribution < -0.4 is 0 Å². The van der Waals surface area contributed by atoms with Gasteiger partial charge in [-0.15, -0.1) is 6.58 Å². The van der Waals surface area contributed by atoms with Gasteiger partial charge in [0.2, 0.25) is 0 Å². The van der Waals surface area contributed by atoms with Gasteiger partial charge in [-0.25, -0.2) is 0 Å². The Morgan fingerprint density at radius 2 is 1.58 bits per heavy atom. The first-order chi connectivity index (χ1) is 40.5. The normalized spacial score (nSPS) is 40.4. The zero-order chi connectivity index (χ0) is 56.7. The third-order valence-corrected chi connectivity index (χ3v) is 26.0. The first-order valence-corrected chi connectivity index (χ1v) is 35.6. The number of likely N-dealkylation sites (tertiary alicyclic amines) is 1. The van der Waals surface area contributed by atoms with E-state index < -0.39 is 0 Å². The second-order valence-corrected chi connectivity index (χ2v) is 31.2. The molecule has 0 aromatic carbocycles. The molecule has 0 amide bonds. The Labute approximate surface area is 506 Å². The summed E-state index contributed by atoms with van der Waals surface area (Å²) in [5.74, 6) is 8.86. The van der Waals surface area contributed by atoms with E-state index in [0.717, 1.165) is 67.2 Å². The minimum absolute atomic E-state index is 0.285. The van der Waals surface area contributed by atoms with E-state index in [0.29, 0.717) is 70.3 Å². The van der Waals surface area contributed by atoms with Gasteiger partial charge < -0.3 is 9.64 Å². The smallest absolute Gasteiger partial charge is 0.122 e. The number of hydrogen-bond donors (Lipinski definition) is 0. The van der Waals surface area contributed by atoms with Crippen LogP contribution in [0, 0.1) is 75.4 Å². The molecule has 0 aromatic rings. The minimum atomic E-state index is 0.285. The molecule has 0 N–H and O–H groups in total. The van der Waals surface area contributed by atoms with Gasteiger partial charge in [0, 0.05) is 42.3 Å². The molecule has 448 valence electrons. The van der Waals surface area contributed by atoms with E-state index in [1.165, 1.54) is 185 Å². The number of fused-ring (bicyclic) bond motifs is 6. The monoisotopic (exact) mass is 1120 g/mol. The Bertz CT molecular complexity index is 2710. The van der Waals surface area contributed by atoms with Crippen LogP contribution in [0.15, 0.2) is 156 Å². The highest BCUT2D eigenvalue weighted by Crippen LogP contribution is 2.67. The molecule has 4 fully saturated rings.